The maximum atomic E-state index is 14.4. The van der Waals surface area contributed by atoms with E-state index in [2.05, 4.69) is 32.4 Å². The molecule has 6 rings (SSSR count). The van der Waals surface area contributed by atoms with Gasteiger partial charge < -0.3 is 5.73 Å². The first kappa shape index (κ1) is 23.2. The van der Waals surface area contributed by atoms with Gasteiger partial charge >= 0.3 is 0 Å². The number of allylic oxidation sites excluding steroid dienone is 1. The molecule has 0 fully saturated rings. The number of benzene rings is 1. The average Bonchev–Trinajstić information content (AvgIpc) is 3.61. The molecular formula is C25H21ClFN9O. The highest BCUT2D eigenvalue weighted by Gasteiger charge is 2.41. The Morgan fingerprint density at radius 2 is 1.95 bits per heavy atom. The number of fused-ring (bicyclic) bond motifs is 1. The van der Waals surface area contributed by atoms with Crippen LogP contribution < -0.4 is 11.3 Å². The number of hydrogen-bond acceptors (Lipinski definition) is 8. The van der Waals surface area contributed by atoms with Crippen molar-refractivity contribution in [3.8, 4) is 16.9 Å². The summed E-state index contributed by atoms with van der Waals surface area (Å²) >= 11 is 6.30. The van der Waals surface area contributed by atoms with Gasteiger partial charge in [0.15, 0.2) is 0 Å². The number of aliphatic imine (C=N–C) groups is 1. The Bertz CT molecular complexity index is 1660. The highest BCUT2D eigenvalue weighted by atomic mass is 35.5. The zero-order chi connectivity index (χ0) is 25.8. The molecule has 0 amide bonds. The average molecular weight is 518 g/mol. The van der Waals surface area contributed by atoms with E-state index in [0.29, 0.717) is 45.5 Å². The zero-order valence-electron chi connectivity index (χ0n) is 19.9. The Kier molecular flexibility index (Phi) is 5.45. The van der Waals surface area contributed by atoms with Gasteiger partial charge in [0.2, 0.25) is 5.95 Å². The number of tetrazole rings is 1. The quantitative estimate of drug-likeness (QED) is 0.408. The molecule has 0 radical (unpaired) electrons. The molecule has 0 aliphatic carbocycles. The summed E-state index contributed by atoms with van der Waals surface area (Å²) in [7, 11) is 0. The molecule has 186 valence electrons. The molecule has 37 heavy (non-hydrogen) atoms. The number of aromatic nitrogens is 7. The van der Waals surface area contributed by atoms with E-state index in [1.165, 1.54) is 17.1 Å². The van der Waals surface area contributed by atoms with Crippen LogP contribution in [0.3, 0.4) is 0 Å². The van der Waals surface area contributed by atoms with E-state index in [1.807, 2.05) is 6.92 Å². The standard InChI is InChI=1S/C25H21ClFN9O/c1-12-13(2)25-31-19(17-8-15(26)3-5-20(17)35-11-30-33-34-35)9-22(37)36(25)23(12)14-7-18(29-10-14)16-4-6-21(28)32-24(16)27/h3-6,8-13,23H,7H2,1-2H3,(H2,28,32)/t12-,13+,23-/m0/s1. The maximum Gasteiger partial charge on any atom is 0.254 e. The lowest BCUT2D eigenvalue weighted by Gasteiger charge is -2.21. The molecule has 3 aromatic heterocycles. The molecule has 2 aliphatic heterocycles. The number of rotatable bonds is 4. The van der Waals surface area contributed by atoms with Crippen LogP contribution in [0.1, 0.15) is 43.6 Å². The van der Waals surface area contributed by atoms with Crippen molar-refractivity contribution in [1.82, 2.24) is 34.7 Å². The van der Waals surface area contributed by atoms with Gasteiger partial charge in [-0.15, -0.1) is 5.10 Å². The monoisotopic (exact) mass is 517 g/mol. The third kappa shape index (κ3) is 3.82. The Labute approximate surface area is 215 Å². The van der Waals surface area contributed by atoms with Crippen LogP contribution in [0, 0.1) is 11.9 Å². The van der Waals surface area contributed by atoms with Gasteiger partial charge in [0, 0.05) is 35.2 Å². The Balaban J connectivity index is 1.39. The van der Waals surface area contributed by atoms with Gasteiger partial charge in [-0.1, -0.05) is 25.4 Å². The SMILES string of the molecule is C[C@@H]1[C@@H](C2=CN=C(c3ccc(N)nc3F)C2)n2c(nc(-c3cc(Cl)ccc3-n3cnnn3)cc2=O)[C@@H]1C. The van der Waals surface area contributed by atoms with E-state index in [-0.39, 0.29) is 29.3 Å². The van der Waals surface area contributed by atoms with Gasteiger partial charge in [-0.25, -0.2) is 9.97 Å². The van der Waals surface area contributed by atoms with E-state index in [0.717, 1.165) is 5.57 Å². The molecule has 2 aliphatic rings. The van der Waals surface area contributed by atoms with E-state index in [1.54, 1.807) is 41.1 Å². The summed E-state index contributed by atoms with van der Waals surface area (Å²) in [6, 6.07) is 9.62. The first-order valence-electron chi connectivity index (χ1n) is 11.7. The van der Waals surface area contributed by atoms with Crippen molar-refractivity contribution in [2.24, 2.45) is 10.9 Å². The lowest BCUT2D eigenvalue weighted by atomic mass is 9.87. The first-order valence-corrected chi connectivity index (χ1v) is 12.0. The summed E-state index contributed by atoms with van der Waals surface area (Å²) in [4.78, 5) is 26.7. The number of halogens is 2. The van der Waals surface area contributed by atoms with Gasteiger partial charge in [0.1, 0.15) is 18.0 Å². The van der Waals surface area contributed by atoms with Crippen molar-refractivity contribution in [2.75, 3.05) is 5.73 Å². The molecule has 0 bridgehead atoms. The summed E-state index contributed by atoms with van der Waals surface area (Å²) < 4.78 is 17.7. The zero-order valence-corrected chi connectivity index (χ0v) is 20.6. The number of nitrogen functional groups attached to an aromatic ring is 1. The minimum atomic E-state index is -0.662. The van der Waals surface area contributed by atoms with Gasteiger partial charge in [-0.05, 0) is 52.2 Å². The molecular weight excluding hydrogens is 497 g/mol. The Hall–Kier alpha value is -4.25. The van der Waals surface area contributed by atoms with Crippen LogP contribution in [0.2, 0.25) is 5.02 Å². The van der Waals surface area contributed by atoms with Crippen LogP contribution in [0.4, 0.5) is 10.2 Å². The lowest BCUT2D eigenvalue weighted by Crippen LogP contribution is -2.26. The highest BCUT2D eigenvalue weighted by molar-refractivity contribution is 6.31. The van der Waals surface area contributed by atoms with Crippen LogP contribution >= 0.6 is 11.6 Å². The summed E-state index contributed by atoms with van der Waals surface area (Å²) in [6.07, 6.45) is 3.59. The third-order valence-electron chi connectivity index (χ3n) is 7.10. The predicted molar refractivity (Wildman–Crippen MR) is 136 cm³/mol. The molecule has 2 N–H and O–H groups in total. The lowest BCUT2D eigenvalue weighted by molar-refractivity contribution is 0.421. The molecule has 4 aromatic rings. The summed E-state index contributed by atoms with van der Waals surface area (Å²) in [6.45, 7) is 4.13. The van der Waals surface area contributed by atoms with Gasteiger partial charge in [0.25, 0.3) is 5.56 Å². The van der Waals surface area contributed by atoms with Gasteiger partial charge in [-0.2, -0.15) is 9.07 Å². The molecule has 10 nitrogen and oxygen atoms in total. The van der Waals surface area contributed by atoms with Crippen molar-refractivity contribution in [3.63, 3.8) is 0 Å². The number of anilines is 1. The molecule has 0 spiro atoms. The topological polar surface area (TPSA) is 130 Å². The van der Waals surface area contributed by atoms with Gasteiger partial charge in [0.05, 0.1) is 28.7 Å². The van der Waals surface area contributed by atoms with Crippen LogP contribution in [0.15, 0.2) is 64.3 Å². The van der Waals surface area contributed by atoms with E-state index in [9.17, 15) is 9.18 Å². The molecule has 1 aromatic carbocycles. The van der Waals surface area contributed by atoms with Crippen LogP contribution in [0.5, 0.6) is 0 Å². The van der Waals surface area contributed by atoms with Crippen molar-refractivity contribution in [3.05, 3.63) is 87.2 Å². The normalized spacial score (nSPS) is 20.6. The third-order valence-corrected chi connectivity index (χ3v) is 7.34. The number of pyridine rings is 1. The fraction of sp³-hybridized carbons (Fsp3) is 0.240. The smallest absolute Gasteiger partial charge is 0.254 e. The first-order chi connectivity index (χ1) is 17.8. The second-order valence-corrected chi connectivity index (χ2v) is 9.68. The second kappa shape index (κ2) is 8.70. The number of nitrogens with zero attached hydrogens (tertiary/aromatic N) is 8. The van der Waals surface area contributed by atoms with Crippen molar-refractivity contribution in [1.29, 1.82) is 0 Å². The van der Waals surface area contributed by atoms with Crippen molar-refractivity contribution >= 4 is 23.1 Å². The molecule has 0 saturated heterocycles. The molecule has 0 saturated carbocycles. The fourth-order valence-corrected chi connectivity index (χ4v) is 5.31. The minimum absolute atomic E-state index is 0.0202. The summed E-state index contributed by atoms with van der Waals surface area (Å²) in [5.41, 5.74) is 8.93. The van der Waals surface area contributed by atoms with Crippen LogP contribution in [-0.4, -0.2) is 40.5 Å². The fourth-order valence-electron chi connectivity index (χ4n) is 5.13. The van der Waals surface area contributed by atoms with Crippen LogP contribution in [0.25, 0.3) is 16.9 Å². The Morgan fingerprint density at radius 1 is 1.11 bits per heavy atom. The molecule has 5 heterocycles. The van der Waals surface area contributed by atoms with Crippen molar-refractivity contribution in [2.45, 2.75) is 32.2 Å². The van der Waals surface area contributed by atoms with Gasteiger partial charge in [-0.3, -0.25) is 14.4 Å². The minimum Gasteiger partial charge on any atom is -0.384 e. The van der Waals surface area contributed by atoms with E-state index >= 15 is 0 Å². The number of nitrogens with two attached hydrogens (primary N) is 1. The summed E-state index contributed by atoms with van der Waals surface area (Å²) in [5, 5.41) is 11.9. The predicted octanol–water partition coefficient (Wildman–Crippen LogP) is 3.73. The number of hydrogen-bond donors (Lipinski definition) is 1. The second-order valence-electron chi connectivity index (χ2n) is 9.25. The van der Waals surface area contributed by atoms with E-state index < -0.39 is 5.95 Å². The molecule has 12 heteroatoms. The largest absolute Gasteiger partial charge is 0.384 e. The molecule has 3 atom stereocenters. The van der Waals surface area contributed by atoms with Crippen LogP contribution in [-0.2, 0) is 0 Å². The van der Waals surface area contributed by atoms with Crippen molar-refractivity contribution < 1.29 is 4.39 Å². The highest BCUT2D eigenvalue weighted by Crippen LogP contribution is 2.45. The molecule has 0 unspecified atom stereocenters. The summed E-state index contributed by atoms with van der Waals surface area (Å²) in [5.74, 6) is 0.149. The van der Waals surface area contributed by atoms with E-state index in [4.69, 9.17) is 22.3 Å². The Morgan fingerprint density at radius 3 is 2.70 bits per heavy atom. The maximum absolute atomic E-state index is 14.4.